The first-order valence-corrected chi connectivity index (χ1v) is 7.47. The Bertz CT molecular complexity index is 440. The van der Waals surface area contributed by atoms with E-state index in [0.29, 0.717) is 6.42 Å². The van der Waals surface area contributed by atoms with Crippen molar-refractivity contribution < 1.29 is 18.7 Å². The van der Waals surface area contributed by atoms with E-state index in [9.17, 15) is 18.7 Å². The van der Waals surface area contributed by atoms with Gasteiger partial charge in [-0.15, -0.1) is 0 Å². The third-order valence-corrected chi connectivity index (χ3v) is 4.57. The molecule has 0 aromatic rings. The van der Waals surface area contributed by atoms with Crippen LogP contribution < -0.4 is 0 Å². The van der Waals surface area contributed by atoms with Gasteiger partial charge in [0.1, 0.15) is 12.3 Å². The maximum Gasteiger partial charge on any atom is 0.340 e. The van der Waals surface area contributed by atoms with Gasteiger partial charge < -0.3 is 10.0 Å². The highest BCUT2D eigenvalue weighted by Crippen LogP contribution is 2.36. The van der Waals surface area contributed by atoms with E-state index in [4.69, 9.17) is 0 Å². The van der Waals surface area contributed by atoms with E-state index in [0.717, 1.165) is 0 Å². The molecule has 3 rings (SSSR count). The van der Waals surface area contributed by atoms with Crippen LogP contribution in [0.3, 0.4) is 0 Å². The Labute approximate surface area is 122 Å². The zero-order valence-electron chi connectivity index (χ0n) is 12.1. The van der Waals surface area contributed by atoms with Gasteiger partial charge in [0.25, 0.3) is 0 Å². The zero-order valence-corrected chi connectivity index (χ0v) is 12.1. The predicted molar refractivity (Wildman–Crippen MR) is 73.5 cm³/mol. The Morgan fingerprint density at radius 1 is 1.29 bits per heavy atom. The summed E-state index contributed by atoms with van der Waals surface area (Å²) in [4.78, 5) is 13.9. The summed E-state index contributed by atoms with van der Waals surface area (Å²) >= 11 is 0. The monoisotopic (exact) mass is 301 g/mol. The van der Waals surface area contributed by atoms with Gasteiger partial charge in [-0.25, -0.2) is 18.6 Å². The molecule has 2 aliphatic heterocycles. The van der Waals surface area contributed by atoms with Gasteiger partial charge in [-0.05, 0) is 25.7 Å². The number of nitrogens with zero attached hydrogens (tertiary/aromatic N) is 3. The number of alkyl halides is 2. The van der Waals surface area contributed by atoms with Crippen LogP contribution in [0.25, 0.3) is 0 Å². The van der Waals surface area contributed by atoms with Crippen molar-refractivity contribution in [2.75, 3.05) is 13.1 Å². The van der Waals surface area contributed by atoms with Crippen LogP contribution >= 0.6 is 0 Å². The molecule has 3 aliphatic rings. The zero-order chi connectivity index (χ0) is 15.2. The maximum atomic E-state index is 13.6. The van der Waals surface area contributed by atoms with Crippen LogP contribution in [-0.2, 0) is 0 Å². The van der Waals surface area contributed by atoms with Crippen LogP contribution in [-0.4, -0.2) is 64.3 Å². The van der Waals surface area contributed by atoms with Gasteiger partial charge in [0.05, 0.1) is 24.7 Å². The van der Waals surface area contributed by atoms with Gasteiger partial charge in [0.2, 0.25) is 0 Å². The molecule has 118 valence electrons. The summed E-state index contributed by atoms with van der Waals surface area (Å²) in [5, 5.41) is 15.1. The second-order valence-electron chi connectivity index (χ2n) is 6.74. The molecule has 1 saturated carbocycles. The largest absolute Gasteiger partial charge is 0.386 e. The third-order valence-electron chi connectivity index (χ3n) is 4.57. The van der Waals surface area contributed by atoms with Crippen molar-refractivity contribution in [3.8, 4) is 0 Å². The van der Waals surface area contributed by atoms with Crippen molar-refractivity contribution >= 4 is 12.2 Å². The summed E-state index contributed by atoms with van der Waals surface area (Å²) in [5.74, 6) is -0.197. The number of rotatable bonds is 1. The molecular formula is C14H21F2N3O2. The first-order valence-electron chi connectivity index (χ1n) is 7.47. The van der Waals surface area contributed by atoms with E-state index in [1.165, 1.54) is 9.91 Å². The SMILES string of the molecule is CC1(O)CN(C(=O)N2N=CC[C@H]2C2CC(F)CC(F)C2)C1. The second kappa shape index (κ2) is 5.19. The highest BCUT2D eigenvalue weighted by atomic mass is 19.1. The summed E-state index contributed by atoms with van der Waals surface area (Å²) < 4.78 is 27.2. The molecule has 2 heterocycles. The fourth-order valence-corrected chi connectivity index (χ4v) is 3.61. The Hall–Kier alpha value is -1.24. The number of β-amino-alcohol motifs (C(OH)–C–C–N with tert-alkyl or cyclic N) is 1. The lowest BCUT2D eigenvalue weighted by Gasteiger charge is -2.46. The topological polar surface area (TPSA) is 56.1 Å². The van der Waals surface area contributed by atoms with E-state index in [-0.39, 0.29) is 50.3 Å². The molecule has 0 bridgehead atoms. The van der Waals surface area contributed by atoms with E-state index in [1.54, 1.807) is 13.1 Å². The maximum absolute atomic E-state index is 13.6. The number of carbonyl (C=O) groups is 1. The molecule has 5 nitrogen and oxygen atoms in total. The van der Waals surface area contributed by atoms with Crippen LogP contribution in [0.4, 0.5) is 13.6 Å². The van der Waals surface area contributed by atoms with Crippen molar-refractivity contribution in [3.05, 3.63) is 0 Å². The number of hydrazone groups is 1. The molecule has 0 radical (unpaired) electrons. The number of carbonyl (C=O) groups excluding carboxylic acids is 1. The summed E-state index contributed by atoms with van der Waals surface area (Å²) in [6.07, 6.45) is 0.441. The smallest absolute Gasteiger partial charge is 0.340 e. The first kappa shape index (κ1) is 14.7. The standard InChI is InChI=1S/C14H21F2N3O2/c1-14(21)7-18(8-14)13(20)19-12(2-3-17-19)9-4-10(15)6-11(16)5-9/h3,9-12,21H,2,4-8H2,1H3/t9?,10?,11?,12-/m0/s1. The molecule has 1 saturated heterocycles. The van der Waals surface area contributed by atoms with Crippen LogP contribution in [0, 0.1) is 5.92 Å². The molecule has 2 amide bonds. The van der Waals surface area contributed by atoms with E-state index >= 15 is 0 Å². The Balaban J connectivity index is 1.65. The molecule has 21 heavy (non-hydrogen) atoms. The highest BCUT2D eigenvalue weighted by molar-refractivity contribution is 5.79. The Kier molecular flexibility index (Phi) is 3.63. The van der Waals surface area contributed by atoms with Crippen LogP contribution in [0.2, 0.25) is 0 Å². The van der Waals surface area contributed by atoms with Gasteiger partial charge >= 0.3 is 6.03 Å². The minimum atomic E-state index is -1.14. The van der Waals surface area contributed by atoms with Gasteiger partial charge in [-0.2, -0.15) is 5.10 Å². The van der Waals surface area contributed by atoms with E-state index in [1.807, 2.05) is 0 Å². The van der Waals surface area contributed by atoms with Gasteiger partial charge in [0, 0.05) is 19.1 Å². The summed E-state index contributed by atoms with van der Waals surface area (Å²) in [6, 6.07) is -0.545. The number of halogens is 2. The molecule has 0 aromatic carbocycles. The number of amides is 2. The van der Waals surface area contributed by atoms with Gasteiger partial charge in [-0.3, -0.25) is 0 Å². The summed E-state index contributed by atoms with van der Waals surface area (Å²) in [6.45, 7) is 2.21. The third kappa shape index (κ3) is 2.88. The minimum absolute atomic E-state index is 0.0347. The van der Waals surface area contributed by atoms with Crippen molar-refractivity contribution in [2.45, 2.75) is 56.6 Å². The van der Waals surface area contributed by atoms with Gasteiger partial charge in [0.15, 0.2) is 0 Å². The average molecular weight is 301 g/mol. The lowest BCUT2D eigenvalue weighted by Crippen LogP contribution is -2.64. The molecule has 0 spiro atoms. The molecule has 2 fully saturated rings. The number of hydrogen-bond acceptors (Lipinski definition) is 3. The van der Waals surface area contributed by atoms with Crippen molar-refractivity contribution in [2.24, 2.45) is 11.0 Å². The molecule has 3 atom stereocenters. The van der Waals surface area contributed by atoms with Crippen molar-refractivity contribution in [1.29, 1.82) is 0 Å². The quantitative estimate of drug-likeness (QED) is 0.801. The Morgan fingerprint density at radius 2 is 1.90 bits per heavy atom. The molecule has 1 aliphatic carbocycles. The van der Waals surface area contributed by atoms with Crippen LogP contribution in [0.15, 0.2) is 5.10 Å². The van der Waals surface area contributed by atoms with Crippen LogP contribution in [0.5, 0.6) is 0 Å². The number of hydrogen-bond donors (Lipinski definition) is 1. The molecular weight excluding hydrogens is 280 g/mol. The normalized spacial score (nSPS) is 38.5. The van der Waals surface area contributed by atoms with Crippen molar-refractivity contribution in [1.82, 2.24) is 9.91 Å². The molecule has 7 heteroatoms. The predicted octanol–water partition coefficient (Wildman–Crippen LogP) is 1.71. The van der Waals surface area contributed by atoms with Crippen LogP contribution in [0.1, 0.15) is 32.6 Å². The molecule has 2 unspecified atom stereocenters. The lowest BCUT2D eigenvalue weighted by atomic mass is 9.81. The molecule has 0 aromatic heterocycles. The fraction of sp³-hybridized carbons (Fsp3) is 0.857. The highest BCUT2D eigenvalue weighted by Gasteiger charge is 2.45. The van der Waals surface area contributed by atoms with Crippen molar-refractivity contribution in [3.63, 3.8) is 0 Å². The lowest BCUT2D eigenvalue weighted by molar-refractivity contribution is -0.0694. The first-order chi connectivity index (χ1) is 9.85. The average Bonchev–Trinajstić information content (AvgIpc) is 2.82. The summed E-state index contributed by atoms with van der Waals surface area (Å²) in [7, 11) is 0. The molecule has 1 N–H and O–H groups in total. The van der Waals surface area contributed by atoms with E-state index in [2.05, 4.69) is 5.10 Å². The number of aliphatic hydroxyl groups is 1. The summed E-state index contributed by atoms with van der Waals surface area (Å²) in [5.41, 5.74) is -0.840. The second-order valence-corrected chi connectivity index (χ2v) is 6.74. The number of likely N-dealkylation sites (tertiary alicyclic amines) is 1. The Morgan fingerprint density at radius 3 is 2.48 bits per heavy atom. The van der Waals surface area contributed by atoms with Gasteiger partial charge in [-0.1, -0.05) is 0 Å². The van der Waals surface area contributed by atoms with E-state index < -0.39 is 17.9 Å². The minimum Gasteiger partial charge on any atom is -0.386 e. The fourth-order valence-electron chi connectivity index (χ4n) is 3.61. The number of urea groups is 1.